The van der Waals surface area contributed by atoms with Crippen LogP contribution in [0, 0.1) is 0 Å². The maximum Gasteiger partial charge on any atom is 2.00 e. The van der Waals surface area contributed by atoms with Gasteiger partial charge in [-0.05, 0) is 36.8 Å². The molecule has 25 heavy (non-hydrogen) atoms. The van der Waals surface area contributed by atoms with E-state index in [1.54, 1.807) is 0 Å². The minimum atomic E-state index is -4.00. The van der Waals surface area contributed by atoms with Crippen molar-refractivity contribution in [1.82, 2.24) is 0 Å². The van der Waals surface area contributed by atoms with Crippen LogP contribution in [0.25, 0.3) is 0 Å². The van der Waals surface area contributed by atoms with Gasteiger partial charge in [-0.1, -0.05) is 13.2 Å². The third-order valence-electron chi connectivity index (χ3n) is 2.34. The Hall–Kier alpha value is -0.994. The van der Waals surface area contributed by atoms with Crippen LogP contribution in [0.3, 0.4) is 0 Å². The summed E-state index contributed by atoms with van der Waals surface area (Å²) in [5.74, 6) is -3.71. The van der Waals surface area contributed by atoms with E-state index < -0.39 is 43.7 Å². The first kappa shape index (κ1) is 28.8. The number of rotatable bonds is 10. The van der Waals surface area contributed by atoms with E-state index in [1.165, 1.54) is 0 Å². The van der Waals surface area contributed by atoms with Crippen molar-refractivity contribution in [2.75, 3.05) is 11.5 Å². The fourth-order valence-corrected chi connectivity index (χ4v) is 2.16. The number of carbonyl (C=O) groups is 2. The summed E-state index contributed by atoms with van der Waals surface area (Å²) in [6.45, 7) is 6.27. The molecule has 0 amide bonds. The molecular formula is C12H18MgO10S2. The molecule has 0 fully saturated rings. The first-order valence-electron chi connectivity index (χ1n) is 6.34. The van der Waals surface area contributed by atoms with Crippen LogP contribution in [-0.2, 0) is 29.8 Å². The molecule has 0 saturated carbocycles. The van der Waals surface area contributed by atoms with Crippen molar-refractivity contribution in [3.63, 3.8) is 0 Å². The first-order chi connectivity index (χ1) is 10.7. The second kappa shape index (κ2) is 13.2. The van der Waals surface area contributed by atoms with Gasteiger partial charge in [0, 0.05) is 0 Å². The molecular weight excluding hydrogens is 393 g/mol. The fourth-order valence-electron chi connectivity index (χ4n) is 1.14. The molecule has 10 nitrogen and oxygen atoms in total. The van der Waals surface area contributed by atoms with Gasteiger partial charge in [-0.25, -0.2) is 0 Å². The van der Waals surface area contributed by atoms with Crippen LogP contribution >= 0.6 is 0 Å². The molecule has 0 aromatic carbocycles. The maximum absolute atomic E-state index is 10.1. The van der Waals surface area contributed by atoms with Gasteiger partial charge in [0.15, 0.2) is 0 Å². The second-order valence-electron chi connectivity index (χ2n) is 4.56. The molecule has 0 aromatic rings. The molecule has 0 unspecified atom stereocenters. The predicted octanol–water partition coefficient (Wildman–Crippen LogP) is -2.46. The fraction of sp³-hybridized carbons (Fsp3) is 0.500. The third kappa shape index (κ3) is 23.0. The quantitative estimate of drug-likeness (QED) is 0.222. The maximum atomic E-state index is 10.1. The van der Waals surface area contributed by atoms with E-state index in [2.05, 4.69) is 13.2 Å². The SMILES string of the molecule is C=C(CCCS(=O)(=O)O)C(=O)[O-].C=C(CCCS(=O)(=O)O)C(=O)[O-].[Mg+2]. The van der Waals surface area contributed by atoms with Gasteiger partial charge in [-0.3, -0.25) is 9.11 Å². The number of carboxylic acid groups (broad SMARTS) is 2. The summed E-state index contributed by atoms with van der Waals surface area (Å²) in [5, 5.41) is 20.1. The molecule has 0 aliphatic heterocycles. The van der Waals surface area contributed by atoms with Crippen molar-refractivity contribution in [2.45, 2.75) is 25.7 Å². The van der Waals surface area contributed by atoms with Crippen LogP contribution in [-0.4, -0.2) is 72.4 Å². The van der Waals surface area contributed by atoms with Crippen LogP contribution in [0.15, 0.2) is 24.3 Å². The monoisotopic (exact) mass is 410 g/mol. The van der Waals surface area contributed by atoms with E-state index in [4.69, 9.17) is 9.11 Å². The van der Waals surface area contributed by atoms with Crippen LogP contribution in [0.1, 0.15) is 25.7 Å². The van der Waals surface area contributed by atoms with Gasteiger partial charge in [0.05, 0.1) is 23.4 Å². The average molecular weight is 411 g/mol. The van der Waals surface area contributed by atoms with Crippen LogP contribution in [0.4, 0.5) is 0 Å². The van der Waals surface area contributed by atoms with Gasteiger partial charge in [0.1, 0.15) is 0 Å². The number of aliphatic carboxylic acids is 2. The van der Waals surface area contributed by atoms with Crippen molar-refractivity contribution >= 4 is 55.2 Å². The molecule has 0 rings (SSSR count). The number of hydrogen-bond donors (Lipinski definition) is 2. The summed E-state index contributed by atoms with van der Waals surface area (Å²) in [5.41, 5.74) is -0.336. The Balaban J connectivity index is -0.000000372. The molecule has 140 valence electrons. The normalized spacial score (nSPS) is 10.6. The zero-order valence-corrected chi connectivity index (χ0v) is 16.4. The minimum Gasteiger partial charge on any atom is -0.545 e. The van der Waals surface area contributed by atoms with Crippen molar-refractivity contribution in [1.29, 1.82) is 0 Å². The smallest absolute Gasteiger partial charge is 0.545 e. The Morgan fingerprint density at radius 2 is 1.00 bits per heavy atom. The molecule has 0 saturated heterocycles. The summed E-state index contributed by atoms with van der Waals surface area (Å²) in [4.78, 5) is 20.1. The van der Waals surface area contributed by atoms with Crippen molar-refractivity contribution < 1.29 is 45.7 Å². The molecule has 0 aliphatic rings. The third-order valence-corrected chi connectivity index (χ3v) is 3.95. The molecule has 0 heterocycles. The number of hydrogen-bond acceptors (Lipinski definition) is 8. The zero-order chi connectivity index (χ0) is 19.6. The zero-order valence-electron chi connectivity index (χ0n) is 13.3. The Morgan fingerprint density at radius 1 is 0.760 bits per heavy atom. The van der Waals surface area contributed by atoms with Crippen LogP contribution in [0.5, 0.6) is 0 Å². The van der Waals surface area contributed by atoms with Gasteiger partial charge in [-0.2, -0.15) is 16.8 Å². The Labute approximate surface area is 162 Å². The van der Waals surface area contributed by atoms with Crippen molar-refractivity contribution in [2.24, 2.45) is 0 Å². The van der Waals surface area contributed by atoms with E-state index in [-0.39, 0.29) is 59.9 Å². The summed E-state index contributed by atoms with van der Waals surface area (Å²) in [6.07, 6.45) is 0.0710. The van der Waals surface area contributed by atoms with E-state index in [9.17, 15) is 36.6 Å². The Kier molecular flexibility index (Phi) is 15.3. The minimum absolute atomic E-state index is 0. The van der Waals surface area contributed by atoms with E-state index in [0.29, 0.717) is 0 Å². The molecule has 0 aliphatic carbocycles. The topological polar surface area (TPSA) is 189 Å². The molecule has 13 heteroatoms. The van der Waals surface area contributed by atoms with Crippen molar-refractivity contribution in [3.05, 3.63) is 24.3 Å². The number of carboxylic acids is 2. The van der Waals surface area contributed by atoms with Gasteiger partial charge in [0.2, 0.25) is 0 Å². The average Bonchev–Trinajstić information content (AvgIpc) is 2.35. The van der Waals surface area contributed by atoms with Gasteiger partial charge < -0.3 is 19.8 Å². The van der Waals surface area contributed by atoms with E-state index >= 15 is 0 Å². The standard InChI is InChI=1S/2C6H10O5S.Mg/c2*1-5(6(7)8)3-2-4-12(9,10)11;/h2*1-4H2,(H,7,8)(H,9,10,11);/q;;+2/p-2. The second-order valence-corrected chi connectivity index (χ2v) is 7.71. The van der Waals surface area contributed by atoms with Crippen LogP contribution < -0.4 is 10.2 Å². The number of carbonyl (C=O) groups excluding carboxylic acids is 2. The first-order valence-corrected chi connectivity index (χ1v) is 9.56. The van der Waals surface area contributed by atoms with Gasteiger partial charge >= 0.3 is 23.1 Å². The molecule has 0 bridgehead atoms. The Morgan fingerprint density at radius 3 is 1.16 bits per heavy atom. The van der Waals surface area contributed by atoms with E-state index in [1.807, 2.05) is 0 Å². The van der Waals surface area contributed by atoms with E-state index in [0.717, 1.165) is 0 Å². The summed E-state index contributed by atoms with van der Waals surface area (Å²) in [7, 11) is -8.00. The van der Waals surface area contributed by atoms with Gasteiger partial charge in [-0.15, -0.1) is 0 Å². The molecule has 0 radical (unpaired) electrons. The van der Waals surface area contributed by atoms with Crippen molar-refractivity contribution in [3.8, 4) is 0 Å². The van der Waals surface area contributed by atoms with Gasteiger partial charge in [0.25, 0.3) is 20.2 Å². The predicted molar refractivity (Wildman–Crippen MR) is 85.3 cm³/mol. The molecule has 0 spiro atoms. The molecule has 0 atom stereocenters. The summed E-state index contributed by atoms with van der Waals surface area (Å²) < 4.78 is 57.1. The molecule has 2 N–H and O–H groups in total. The van der Waals surface area contributed by atoms with Crippen LogP contribution in [0.2, 0.25) is 0 Å². The Bertz CT molecular complexity index is 619. The summed E-state index contributed by atoms with van der Waals surface area (Å²) in [6, 6.07) is 0. The molecule has 0 aromatic heterocycles. The largest absolute Gasteiger partial charge is 2.00 e. The summed E-state index contributed by atoms with van der Waals surface area (Å²) >= 11 is 0.